The van der Waals surface area contributed by atoms with Crippen LogP contribution in [0.4, 0.5) is 3.89 Å². The Hall–Kier alpha value is -1.50. The molecule has 0 aliphatic rings. The van der Waals surface area contributed by atoms with E-state index in [1.54, 1.807) is 7.05 Å². The average molecular weight is 215 g/mol. The van der Waals surface area contributed by atoms with E-state index in [-0.39, 0.29) is 0 Å². The SMILES string of the molecule is Cn1ncc2cc(S(=O)(=O)F)cnc21. The summed E-state index contributed by atoms with van der Waals surface area (Å²) in [5.41, 5.74) is 0.511. The number of aryl methyl sites for hydroxylation is 1. The average Bonchev–Trinajstić information content (AvgIpc) is 2.46. The van der Waals surface area contributed by atoms with Crippen LogP contribution in [0.1, 0.15) is 0 Å². The van der Waals surface area contributed by atoms with Crippen LogP contribution in [0.3, 0.4) is 0 Å². The summed E-state index contributed by atoms with van der Waals surface area (Å²) in [7, 11) is -3.02. The van der Waals surface area contributed by atoms with Gasteiger partial charge in [0.05, 0.1) is 12.4 Å². The van der Waals surface area contributed by atoms with Gasteiger partial charge in [0.15, 0.2) is 5.65 Å². The molecular formula is C7H6FN3O2S. The predicted octanol–water partition coefficient (Wildman–Crippen LogP) is 0.626. The highest BCUT2D eigenvalue weighted by molar-refractivity contribution is 7.86. The van der Waals surface area contributed by atoms with Gasteiger partial charge < -0.3 is 0 Å². The second-order valence-electron chi connectivity index (χ2n) is 2.79. The zero-order valence-corrected chi connectivity index (χ0v) is 7.99. The van der Waals surface area contributed by atoms with Crippen LogP contribution >= 0.6 is 0 Å². The lowest BCUT2D eigenvalue weighted by Gasteiger charge is -1.95. The molecule has 0 aliphatic carbocycles. The van der Waals surface area contributed by atoms with Gasteiger partial charge in [0.2, 0.25) is 0 Å². The third kappa shape index (κ3) is 1.35. The second-order valence-corrected chi connectivity index (χ2v) is 4.14. The van der Waals surface area contributed by atoms with Crippen LogP contribution in [-0.4, -0.2) is 23.2 Å². The summed E-state index contributed by atoms with van der Waals surface area (Å²) in [6, 6.07) is 1.20. The number of nitrogens with zero attached hydrogens (tertiary/aromatic N) is 3. The molecule has 0 amide bonds. The fraction of sp³-hybridized carbons (Fsp3) is 0.143. The van der Waals surface area contributed by atoms with Crippen LogP contribution in [-0.2, 0) is 17.3 Å². The maximum absolute atomic E-state index is 12.6. The molecule has 0 atom stereocenters. The van der Waals surface area contributed by atoms with Crippen molar-refractivity contribution in [1.29, 1.82) is 0 Å². The normalized spacial score (nSPS) is 12.1. The van der Waals surface area contributed by atoms with Crippen molar-refractivity contribution in [1.82, 2.24) is 14.8 Å². The molecule has 2 aromatic heterocycles. The largest absolute Gasteiger partial charge is 0.333 e. The highest BCUT2D eigenvalue weighted by Crippen LogP contribution is 2.16. The summed E-state index contributed by atoms with van der Waals surface area (Å²) in [4.78, 5) is 3.34. The van der Waals surface area contributed by atoms with Gasteiger partial charge >= 0.3 is 10.2 Å². The van der Waals surface area contributed by atoms with Crippen LogP contribution in [0.5, 0.6) is 0 Å². The second kappa shape index (κ2) is 2.74. The maximum atomic E-state index is 12.6. The Morgan fingerprint density at radius 2 is 2.14 bits per heavy atom. The summed E-state index contributed by atoms with van der Waals surface area (Å²) in [6.45, 7) is 0. The zero-order valence-electron chi connectivity index (χ0n) is 7.18. The van der Waals surface area contributed by atoms with Gasteiger partial charge in [-0.1, -0.05) is 0 Å². The predicted molar refractivity (Wildman–Crippen MR) is 46.8 cm³/mol. The minimum Gasteiger partial charge on any atom is -0.250 e. The monoisotopic (exact) mass is 215 g/mol. The van der Waals surface area contributed by atoms with Crippen LogP contribution in [0.15, 0.2) is 23.4 Å². The van der Waals surface area contributed by atoms with Crippen molar-refractivity contribution in [2.45, 2.75) is 4.90 Å². The minimum absolute atomic E-state index is 0.446. The number of rotatable bonds is 1. The first-order valence-corrected chi connectivity index (χ1v) is 5.09. The summed E-state index contributed by atoms with van der Waals surface area (Å²) < 4.78 is 35.1. The van der Waals surface area contributed by atoms with Gasteiger partial charge in [-0.05, 0) is 6.07 Å². The van der Waals surface area contributed by atoms with Crippen LogP contribution in [0, 0.1) is 0 Å². The number of hydrogen-bond acceptors (Lipinski definition) is 4. The fourth-order valence-corrected chi connectivity index (χ4v) is 1.60. The summed E-state index contributed by atoms with van der Waals surface area (Å²) in [5.74, 6) is 0. The first-order chi connectivity index (χ1) is 6.48. The Morgan fingerprint density at radius 3 is 2.79 bits per heavy atom. The molecule has 0 unspecified atom stereocenters. The van der Waals surface area contributed by atoms with E-state index in [1.807, 2.05) is 0 Å². The molecule has 2 rings (SSSR count). The highest BCUT2D eigenvalue weighted by atomic mass is 32.3. The molecule has 2 aromatic rings. The van der Waals surface area contributed by atoms with Crippen molar-refractivity contribution >= 4 is 21.3 Å². The van der Waals surface area contributed by atoms with E-state index >= 15 is 0 Å². The van der Waals surface area contributed by atoms with E-state index < -0.39 is 15.1 Å². The molecule has 2 heterocycles. The van der Waals surface area contributed by atoms with Crippen molar-refractivity contribution < 1.29 is 12.3 Å². The molecule has 74 valence electrons. The number of halogens is 1. The molecule has 0 saturated heterocycles. The lowest BCUT2D eigenvalue weighted by molar-refractivity contribution is 0.552. The number of aromatic nitrogens is 3. The number of pyridine rings is 1. The van der Waals surface area contributed by atoms with E-state index in [4.69, 9.17) is 0 Å². The van der Waals surface area contributed by atoms with Crippen molar-refractivity contribution in [3.8, 4) is 0 Å². The summed E-state index contributed by atoms with van der Waals surface area (Å²) in [6.07, 6.45) is 2.40. The van der Waals surface area contributed by atoms with Gasteiger partial charge in [-0.25, -0.2) is 4.98 Å². The van der Waals surface area contributed by atoms with Gasteiger partial charge in [-0.15, -0.1) is 3.89 Å². The molecule has 5 nitrogen and oxygen atoms in total. The van der Waals surface area contributed by atoms with Crippen molar-refractivity contribution in [3.63, 3.8) is 0 Å². The zero-order chi connectivity index (χ0) is 10.3. The first-order valence-electron chi connectivity index (χ1n) is 3.71. The van der Waals surface area contributed by atoms with Crippen LogP contribution in [0.25, 0.3) is 11.0 Å². The Bertz CT molecular complexity index is 590. The molecule has 7 heteroatoms. The summed E-state index contributed by atoms with van der Waals surface area (Å²) in [5, 5.41) is 4.35. The van der Waals surface area contributed by atoms with E-state index in [1.165, 1.54) is 16.9 Å². The first kappa shape index (κ1) is 9.07. The molecule has 0 bridgehead atoms. The van der Waals surface area contributed by atoms with Crippen molar-refractivity contribution in [3.05, 3.63) is 18.5 Å². The molecule has 0 aliphatic heterocycles. The smallest absolute Gasteiger partial charge is 0.250 e. The quantitative estimate of drug-likeness (QED) is 0.654. The third-order valence-electron chi connectivity index (χ3n) is 1.83. The van der Waals surface area contributed by atoms with E-state index in [2.05, 4.69) is 10.1 Å². The molecule has 0 aromatic carbocycles. The molecule has 0 N–H and O–H groups in total. The molecule has 0 radical (unpaired) electrons. The Labute approximate surface area is 79.4 Å². The standard InChI is InChI=1S/C7H6FN3O2S/c1-11-7-5(3-10-11)2-6(4-9-7)14(8,12)13/h2-4H,1H3. The van der Waals surface area contributed by atoms with Gasteiger partial charge in [0.25, 0.3) is 0 Å². The maximum Gasteiger partial charge on any atom is 0.333 e. The molecular weight excluding hydrogens is 209 g/mol. The van der Waals surface area contributed by atoms with Gasteiger partial charge in [0, 0.05) is 12.4 Å². The van der Waals surface area contributed by atoms with Gasteiger partial charge in [-0.3, -0.25) is 4.68 Å². The van der Waals surface area contributed by atoms with Gasteiger partial charge in [-0.2, -0.15) is 13.5 Å². The van der Waals surface area contributed by atoms with Crippen molar-refractivity contribution in [2.24, 2.45) is 7.05 Å². The highest BCUT2D eigenvalue weighted by Gasteiger charge is 2.13. The number of fused-ring (bicyclic) bond motifs is 1. The molecule has 0 saturated carbocycles. The topological polar surface area (TPSA) is 64.8 Å². The molecule has 0 fully saturated rings. The Balaban J connectivity index is 2.76. The number of hydrogen-bond donors (Lipinski definition) is 0. The lowest BCUT2D eigenvalue weighted by Crippen LogP contribution is -1.95. The minimum atomic E-state index is -4.68. The van der Waals surface area contributed by atoms with Crippen molar-refractivity contribution in [2.75, 3.05) is 0 Å². The third-order valence-corrected chi connectivity index (χ3v) is 2.61. The molecule has 0 spiro atoms. The van der Waals surface area contributed by atoms with Gasteiger partial charge in [0.1, 0.15) is 4.90 Å². The van der Waals surface area contributed by atoms with E-state index in [0.717, 1.165) is 6.20 Å². The van der Waals surface area contributed by atoms with E-state index in [0.29, 0.717) is 11.0 Å². The van der Waals surface area contributed by atoms with Crippen LogP contribution in [0.2, 0.25) is 0 Å². The van der Waals surface area contributed by atoms with Crippen LogP contribution < -0.4 is 0 Å². The Kier molecular flexibility index (Phi) is 1.78. The lowest BCUT2D eigenvalue weighted by atomic mass is 10.4. The summed E-state index contributed by atoms with van der Waals surface area (Å²) >= 11 is 0. The molecule has 14 heavy (non-hydrogen) atoms. The Morgan fingerprint density at radius 1 is 1.43 bits per heavy atom. The van der Waals surface area contributed by atoms with E-state index in [9.17, 15) is 12.3 Å². The fourth-order valence-electron chi connectivity index (χ4n) is 1.16.